The van der Waals surface area contributed by atoms with Crippen LogP contribution in [0.25, 0.3) is 0 Å². The second kappa shape index (κ2) is 7.60. The summed E-state index contributed by atoms with van der Waals surface area (Å²) in [5, 5.41) is 7.64. The molecule has 0 aliphatic carbocycles. The molecule has 2 aromatic rings. The third-order valence-corrected chi connectivity index (χ3v) is 4.24. The van der Waals surface area contributed by atoms with Gasteiger partial charge in [0.1, 0.15) is 11.6 Å². The van der Waals surface area contributed by atoms with E-state index < -0.39 is 5.82 Å². The zero-order valence-corrected chi connectivity index (χ0v) is 13.8. The molecule has 1 N–H and O–H groups in total. The number of aromatic nitrogens is 3. The van der Waals surface area contributed by atoms with Gasteiger partial charge in [0.25, 0.3) is 0 Å². The van der Waals surface area contributed by atoms with Crippen LogP contribution in [0.1, 0.15) is 18.3 Å². The van der Waals surface area contributed by atoms with E-state index >= 15 is 0 Å². The number of nitrogens with zero attached hydrogens (tertiary/aromatic N) is 3. The van der Waals surface area contributed by atoms with E-state index in [1.807, 2.05) is 6.92 Å². The van der Waals surface area contributed by atoms with Crippen molar-refractivity contribution in [3.63, 3.8) is 0 Å². The molecule has 0 unspecified atom stereocenters. The van der Waals surface area contributed by atoms with Gasteiger partial charge >= 0.3 is 0 Å². The Morgan fingerprint density at radius 1 is 1.50 bits per heavy atom. The van der Waals surface area contributed by atoms with Crippen molar-refractivity contribution in [2.24, 2.45) is 0 Å². The molecule has 0 saturated heterocycles. The highest BCUT2D eigenvalue weighted by molar-refractivity contribution is 7.99. The summed E-state index contributed by atoms with van der Waals surface area (Å²) >= 11 is 7.20. The molecule has 0 fully saturated rings. The van der Waals surface area contributed by atoms with E-state index in [4.69, 9.17) is 11.6 Å². The van der Waals surface area contributed by atoms with E-state index in [-0.39, 0.29) is 18.2 Å². The minimum Gasteiger partial charge on any atom is -0.341 e. The Balaban J connectivity index is 1.92. The second-order valence-corrected chi connectivity index (χ2v) is 6.01. The Hall–Kier alpha value is -1.60. The lowest BCUT2D eigenvalue weighted by atomic mass is 10.2. The molecule has 0 atom stereocenters. The van der Waals surface area contributed by atoms with Crippen molar-refractivity contribution in [2.75, 3.05) is 12.8 Å². The molecule has 22 heavy (non-hydrogen) atoms. The summed E-state index contributed by atoms with van der Waals surface area (Å²) in [6, 6.07) is 4.47. The Labute approximate surface area is 137 Å². The Morgan fingerprint density at radius 3 is 2.91 bits per heavy atom. The van der Waals surface area contributed by atoms with Crippen LogP contribution < -0.4 is 0 Å². The van der Waals surface area contributed by atoms with E-state index in [0.29, 0.717) is 15.7 Å². The molecule has 2 rings (SSSR count). The molecule has 0 saturated carbocycles. The third kappa shape index (κ3) is 4.20. The zero-order chi connectivity index (χ0) is 16.1. The number of carbonyl (C=O) groups is 1. The van der Waals surface area contributed by atoms with Crippen molar-refractivity contribution >= 4 is 29.3 Å². The predicted molar refractivity (Wildman–Crippen MR) is 84.4 cm³/mol. The maximum absolute atomic E-state index is 13.7. The van der Waals surface area contributed by atoms with Gasteiger partial charge in [0.15, 0.2) is 0 Å². The minimum absolute atomic E-state index is 0.124. The molecule has 0 spiro atoms. The number of benzene rings is 1. The molecule has 1 heterocycles. The molecular weight excluding hydrogens is 327 g/mol. The number of hydrogen-bond donors (Lipinski definition) is 1. The molecule has 118 valence electrons. The number of halogens is 2. The number of amides is 1. The van der Waals surface area contributed by atoms with E-state index in [9.17, 15) is 9.18 Å². The molecule has 1 amide bonds. The quantitative estimate of drug-likeness (QED) is 0.820. The zero-order valence-electron chi connectivity index (χ0n) is 12.3. The summed E-state index contributed by atoms with van der Waals surface area (Å²) in [4.78, 5) is 17.7. The van der Waals surface area contributed by atoms with Gasteiger partial charge in [0.2, 0.25) is 11.1 Å². The summed E-state index contributed by atoms with van der Waals surface area (Å²) in [5.74, 6) is 0.402. The van der Waals surface area contributed by atoms with Gasteiger partial charge in [-0.1, -0.05) is 36.4 Å². The van der Waals surface area contributed by atoms with Crippen molar-refractivity contribution in [1.29, 1.82) is 0 Å². The van der Waals surface area contributed by atoms with Gasteiger partial charge in [0.05, 0.1) is 5.75 Å². The highest BCUT2D eigenvalue weighted by Crippen LogP contribution is 2.21. The maximum atomic E-state index is 13.7. The first-order valence-electron chi connectivity index (χ1n) is 6.72. The largest absolute Gasteiger partial charge is 0.341 e. The normalized spacial score (nSPS) is 10.7. The van der Waals surface area contributed by atoms with Crippen LogP contribution in [0.5, 0.6) is 0 Å². The van der Waals surface area contributed by atoms with Crippen LogP contribution in [0, 0.1) is 5.82 Å². The fraction of sp³-hybridized carbons (Fsp3) is 0.357. The SMILES string of the molecule is CCc1nc(SCC(=O)N(C)Cc2c(F)cccc2Cl)n[nH]1. The van der Waals surface area contributed by atoms with Crippen LogP contribution in [-0.4, -0.2) is 38.8 Å². The van der Waals surface area contributed by atoms with Gasteiger partial charge in [-0.25, -0.2) is 9.37 Å². The van der Waals surface area contributed by atoms with Crippen LogP contribution in [0.2, 0.25) is 5.02 Å². The molecular formula is C14H16ClFN4OS. The third-order valence-electron chi connectivity index (χ3n) is 3.05. The van der Waals surface area contributed by atoms with Gasteiger partial charge in [-0.05, 0) is 12.1 Å². The van der Waals surface area contributed by atoms with Crippen molar-refractivity contribution in [3.8, 4) is 0 Å². The first-order valence-corrected chi connectivity index (χ1v) is 8.08. The molecule has 0 aliphatic heterocycles. The molecule has 1 aromatic heterocycles. The van der Waals surface area contributed by atoms with Crippen molar-refractivity contribution in [2.45, 2.75) is 25.0 Å². The summed E-state index contributed by atoms with van der Waals surface area (Å²) in [5.41, 5.74) is 0.316. The van der Waals surface area contributed by atoms with Gasteiger partial charge in [0, 0.05) is 30.6 Å². The van der Waals surface area contributed by atoms with Crippen LogP contribution in [0.15, 0.2) is 23.4 Å². The lowest BCUT2D eigenvalue weighted by molar-refractivity contribution is -0.127. The number of thioether (sulfide) groups is 1. The Morgan fingerprint density at radius 2 is 2.27 bits per heavy atom. The number of rotatable bonds is 6. The van der Waals surface area contributed by atoms with Crippen molar-refractivity contribution in [3.05, 3.63) is 40.4 Å². The van der Waals surface area contributed by atoms with Gasteiger partial charge in [-0.2, -0.15) is 0 Å². The Bertz CT molecular complexity index is 644. The average Bonchev–Trinajstić information content (AvgIpc) is 2.96. The van der Waals surface area contributed by atoms with Crippen molar-refractivity contribution < 1.29 is 9.18 Å². The summed E-state index contributed by atoms with van der Waals surface area (Å²) < 4.78 is 13.7. The fourth-order valence-electron chi connectivity index (χ4n) is 1.75. The van der Waals surface area contributed by atoms with E-state index in [1.165, 1.54) is 28.8 Å². The van der Waals surface area contributed by atoms with Gasteiger partial charge in [-0.15, -0.1) is 5.10 Å². The van der Waals surface area contributed by atoms with Crippen LogP contribution >= 0.6 is 23.4 Å². The highest BCUT2D eigenvalue weighted by Gasteiger charge is 2.15. The summed E-state index contributed by atoms with van der Waals surface area (Å²) in [7, 11) is 1.61. The van der Waals surface area contributed by atoms with Gasteiger partial charge in [-0.3, -0.25) is 9.89 Å². The van der Waals surface area contributed by atoms with Crippen LogP contribution in [0.4, 0.5) is 4.39 Å². The standard InChI is InChI=1S/C14H16ClFN4OS/c1-3-12-17-14(19-18-12)22-8-13(21)20(2)7-9-10(15)5-4-6-11(9)16/h4-6H,3,7-8H2,1-2H3,(H,17,18,19). The maximum Gasteiger partial charge on any atom is 0.233 e. The molecule has 8 heteroatoms. The monoisotopic (exact) mass is 342 g/mol. The second-order valence-electron chi connectivity index (χ2n) is 4.66. The topological polar surface area (TPSA) is 61.9 Å². The molecule has 0 radical (unpaired) electrons. The number of aryl methyl sites for hydroxylation is 1. The summed E-state index contributed by atoms with van der Waals surface area (Å²) in [6.07, 6.45) is 0.757. The van der Waals surface area contributed by atoms with Gasteiger partial charge < -0.3 is 4.90 Å². The molecule has 0 bridgehead atoms. The van der Waals surface area contributed by atoms with E-state index in [2.05, 4.69) is 15.2 Å². The first kappa shape index (κ1) is 16.8. The molecule has 1 aromatic carbocycles. The smallest absolute Gasteiger partial charge is 0.233 e. The van der Waals surface area contributed by atoms with Crippen LogP contribution in [0.3, 0.4) is 0 Å². The minimum atomic E-state index is -0.415. The Kier molecular flexibility index (Phi) is 5.79. The number of aromatic amines is 1. The van der Waals surface area contributed by atoms with E-state index in [1.54, 1.807) is 13.1 Å². The first-order chi connectivity index (χ1) is 10.5. The predicted octanol–water partition coefficient (Wildman–Crippen LogP) is 2.91. The lowest BCUT2D eigenvalue weighted by Gasteiger charge is -2.18. The lowest BCUT2D eigenvalue weighted by Crippen LogP contribution is -2.28. The number of H-pyrrole nitrogens is 1. The number of nitrogens with one attached hydrogen (secondary N) is 1. The molecule has 0 aliphatic rings. The summed E-state index contributed by atoms with van der Waals surface area (Å²) in [6.45, 7) is 2.09. The van der Waals surface area contributed by atoms with Crippen LogP contribution in [-0.2, 0) is 17.8 Å². The highest BCUT2D eigenvalue weighted by atomic mass is 35.5. The fourth-order valence-corrected chi connectivity index (χ4v) is 2.73. The number of hydrogen-bond acceptors (Lipinski definition) is 4. The van der Waals surface area contributed by atoms with E-state index in [0.717, 1.165) is 12.2 Å². The number of carbonyl (C=O) groups excluding carboxylic acids is 1. The van der Waals surface area contributed by atoms with Crippen molar-refractivity contribution in [1.82, 2.24) is 20.1 Å². The average molecular weight is 343 g/mol. The molecule has 5 nitrogen and oxygen atoms in total.